The van der Waals surface area contributed by atoms with Crippen molar-refractivity contribution in [3.8, 4) is 5.75 Å². The number of ether oxygens (including phenoxy) is 1. The molecule has 1 amide bonds. The van der Waals surface area contributed by atoms with Crippen molar-refractivity contribution in [1.29, 1.82) is 0 Å². The molecule has 0 saturated carbocycles. The Hall–Kier alpha value is -2.38. The van der Waals surface area contributed by atoms with E-state index < -0.39 is 6.61 Å². The summed E-state index contributed by atoms with van der Waals surface area (Å²) in [5.74, 6) is 0.405. The van der Waals surface area contributed by atoms with E-state index in [1.54, 1.807) is 12.1 Å². The van der Waals surface area contributed by atoms with Crippen LogP contribution in [0.3, 0.4) is 0 Å². The highest BCUT2D eigenvalue weighted by atomic mass is 19.3. The molecule has 1 aromatic carbocycles. The molecular formula is C17H26F2N4O2. The number of nitrogens with zero attached hydrogens (tertiary/aromatic N) is 1. The maximum Gasteiger partial charge on any atom is 0.387 e. The molecule has 25 heavy (non-hydrogen) atoms. The summed E-state index contributed by atoms with van der Waals surface area (Å²) in [6.45, 7) is 5.72. The molecule has 140 valence electrons. The first-order valence-electron chi connectivity index (χ1n) is 8.06. The Balaban J connectivity index is 2.64. The highest BCUT2D eigenvalue weighted by molar-refractivity contribution is 5.86. The van der Waals surface area contributed by atoms with Crippen molar-refractivity contribution in [1.82, 2.24) is 16.0 Å². The number of aliphatic imine (C=N–C) groups is 1. The van der Waals surface area contributed by atoms with Crippen molar-refractivity contribution in [2.24, 2.45) is 4.99 Å². The molecule has 1 aromatic rings. The molecular weight excluding hydrogens is 330 g/mol. The van der Waals surface area contributed by atoms with Crippen LogP contribution < -0.4 is 20.7 Å². The minimum atomic E-state index is -2.86. The van der Waals surface area contributed by atoms with Crippen LogP contribution in [-0.2, 0) is 11.3 Å². The zero-order chi connectivity index (χ0) is 18.9. The van der Waals surface area contributed by atoms with Crippen LogP contribution in [0.2, 0.25) is 0 Å². The van der Waals surface area contributed by atoms with Gasteiger partial charge in [0.05, 0.1) is 13.1 Å². The van der Waals surface area contributed by atoms with E-state index in [1.165, 1.54) is 12.1 Å². The van der Waals surface area contributed by atoms with E-state index in [9.17, 15) is 13.6 Å². The maximum atomic E-state index is 12.3. The summed E-state index contributed by atoms with van der Waals surface area (Å²) < 4.78 is 28.9. The van der Waals surface area contributed by atoms with Crippen LogP contribution in [0.25, 0.3) is 0 Å². The fraction of sp³-hybridized carbons (Fsp3) is 0.529. The minimum Gasteiger partial charge on any atom is -0.435 e. The molecule has 0 saturated heterocycles. The Morgan fingerprint density at radius 2 is 2.00 bits per heavy atom. The first-order valence-corrected chi connectivity index (χ1v) is 8.06. The number of halogens is 2. The lowest BCUT2D eigenvalue weighted by molar-refractivity contribution is -0.121. The van der Waals surface area contributed by atoms with E-state index in [0.29, 0.717) is 12.5 Å². The predicted octanol–water partition coefficient (Wildman–Crippen LogP) is 2.26. The Kier molecular flexibility index (Phi) is 8.10. The van der Waals surface area contributed by atoms with Gasteiger partial charge < -0.3 is 20.7 Å². The molecule has 0 aliphatic rings. The molecule has 0 aromatic heterocycles. The molecule has 0 fully saturated rings. The summed E-state index contributed by atoms with van der Waals surface area (Å²) in [4.78, 5) is 16.2. The number of benzene rings is 1. The smallest absolute Gasteiger partial charge is 0.387 e. The fourth-order valence-electron chi connectivity index (χ4n) is 1.96. The third kappa shape index (κ3) is 9.49. The van der Waals surface area contributed by atoms with Crippen LogP contribution in [0.5, 0.6) is 5.75 Å². The number of carbonyl (C=O) groups is 1. The van der Waals surface area contributed by atoms with Crippen molar-refractivity contribution >= 4 is 11.9 Å². The van der Waals surface area contributed by atoms with Crippen LogP contribution in [0.4, 0.5) is 8.78 Å². The van der Waals surface area contributed by atoms with Gasteiger partial charge in [0.15, 0.2) is 5.96 Å². The fourth-order valence-corrected chi connectivity index (χ4v) is 1.96. The van der Waals surface area contributed by atoms with Crippen LogP contribution >= 0.6 is 0 Å². The van der Waals surface area contributed by atoms with E-state index in [2.05, 4.69) is 25.7 Å². The number of rotatable bonds is 7. The molecule has 1 rings (SSSR count). The number of carbonyl (C=O) groups excluding carboxylic acids is 1. The van der Waals surface area contributed by atoms with E-state index in [-0.39, 0.29) is 30.3 Å². The SMILES string of the molecule is CCNC(=NCc1cccc(OC(F)F)c1)NCC(=O)NC(C)(C)C. The molecule has 8 heteroatoms. The van der Waals surface area contributed by atoms with Gasteiger partial charge in [-0.05, 0) is 45.4 Å². The summed E-state index contributed by atoms with van der Waals surface area (Å²) in [6, 6.07) is 6.35. The highest BCUT2D eigenvalue weighted by Gasteiger charge is 2.13. The zero-order valence-corrected chi connectivity index (χ0v) is 15.0. The summed E-state index contributed by atoms with van der Waals surface area (Å²) in [7, 11) is 0. The summed E-state index contributed by atoms with van der Waals surface area (Å²) >= 11 is 0. The number of hydrogen-bond donors (Lipinski definition) is 3. The summed E-state index contributed by atoms with van der Waals surface area (Å²) in [5.41, 5.74) is 0.411. The van der Waals surface area contributed by atoms with Crippen LogP contribution in [-0.4, -0.2) is 37.1 Å². The lowest BCUT2D eigenvalue weighted by Crippen LogP contribution is -2.48. The van der Waals surface area contributed by atoms with E-state index in [1.807, 2.05) is 27.7 Å². The van der Waals surface area contributed by atoms with Crippen molar-refractivity contribution in [3.63, 3.8) is 0 Å². The van der Waals surface area contributed by atoms with E-state index in [4.69, 9.17) is 0 Å². The van der Waals surface area contributed by atoms with Gasteiger partial charge in [0.25, 0.3) is 0 Å². The van der Waals surface area contributed by atoms with Gasteiger partial charge in [-0.25, -0.2) is 4.99 Å². The highest BCUT2D eigenvalue weighted by Crippen LogP contribution is 2.16. The van der Waals surface area contributed by atoms with Gasteiger partial charge in [-0.3, -0.25) is 4.79 Å². The van der Waals surface area contributed by atoms with Crippen LogP contribution in [0, 0.1) is 0 Å². The van der Waals surface area contributed by atoms with Crippen molar-refractivity contribution in [2.75, 3.05) is 13.1 Å². The topological polar surface area (TPSA) is 74.8 Å². The molecule has 0 heterocycles. The van der Waals surface area contributed by atoms with Crippen LogP contribution in [0.1, 0.15) is 33.3 Å². The van der Waals surface area contributed by atoms with Gasteiger partial charge in [0, 0.05) is 12.1 Å². The zero-order valence-electron chi connectivity index (χ0n) is 15.0. The molecule has 0 unspecified atom stereocenters. The number of hydrogen-bond acceptors (Lipinski definition) is 3. The number of guanidine groups is 1. The molecule has 0 aliphatic heterocycles. The second-order valence-electron chi connectivity index (χ2n) is 6.37. The van der Waals surface area contributed by atoms with Gasteiger partial charge in [-0.1, -0.05) is 12.1 Å². The Morgan fingerprint density at radius 1 is 1.28 bits per heavy atom. The standard InChI is InChI=1S/C17H26F2N4O2/c1-5-20-16(22-11-14(24)23-17(2,3)4)21-10-12-7-6-8-13(9-12)25-15(18)19/h6-9,15H,5,10-11H2,1-4H3,(H,23,24)(H2,20,21,22). The first kappa shape index (κ1) is 20.7. The largest absolute Gasteiger partial charge is 0.435 e. The number of amides is 1. The van der Waals surface area contributed by atoms with E-state index in [0.717, 1.165) is 5.56 Å². The first-order chi connectivity index (χ1) is 11.7. The number of nitrogens with one attached hydrogen (secondary N) is 3. The molecule has 0 aliphatic carbocycles. The van der Waals surface area contributed by atoms with Gasteiger partial charge in [0.1, 0.15) is 5.75 Å². The molecule has 0 atom stereocenters. The maximum absolute atomic E-state index is 12.3. The van der Waals surface area contributed by atoms with Crippen molar-refractivity contribution < 1.29 is 18.3 Å². The number of alkyl halides is 2. The second-order valence-corrected chi connectivity index (χ2v) is 6.37. The minimum absolute atomic E-state index is 0.0810. The second kappa shape index (κ2) is 9.80. The van der Waals surface area contributed by atoms with Gasteiger partial charge >= 0.3 is 6.61 Å². The van der Waals surface area contributed by atoms with Gasteiger partial charge in [-0.2, -0.15) is 8.78 Å². The molecule has 3 N–H and O–H groups in total. The third-order valence-electron chi connectivity index (χ3n) is 2.82. The normalized spacial score (nSPS) is 12.0. The lowest BCUT2D eigenvalue weighted by Gasteiger charge is -2.21. The molecule has 0 spiro atoms. The summed E-state index contributed by atoms with van der Waals surface area (Å²) in [5, 5.41) is 8.81. The van der Waals surface area contributed by atoms with Crippen LogP contribution in [0.15, 0.2) is 29.3 Å². The summed E-state index contributed by atoms with van der Waals surface area (Å²) in [6.07, 6.45) is 0. The monoisotopic (exact) mass is 356 g/mol. The van der Waals surface area contributed by atoms with Gasteiger partial charge in [-0.15, -0.1) is 0 Å². The van der Waals surface area contributed by atoms with Crippen molar-refractivity contribution in [2.45, 2.75) is 46.4 Å². The van der Waals surface area contributed by atoms with Crippen molar-refractivity contribution in [3.05, 3.63) is 29.8 Å². The average Bonchev–Trinajstić information content (AvgIpc) is 2.48. The van der Waals surface area contributed by atoms with Gasteiger partial charge in [0.2, 0.25) is 5.91 Å². The Bertz CT molecular complexity index is 586. The molecule has 6 nitrogen and oxygen atoms in total. The third-order valence-corrected chi connectivity index (χ3v) is 2.82. The Morgan fingerprint density at radius 3 is 2.60 bits per heavy atom. The molecule has 0 radical (unpaired) electrons. The lowest BCUT2D eigenvalue weighted by atomic mass is 10.1. The Labute approximate surface area is 147 Å². The predicted molar refractivity (Wildman–Crippen MR) is 93.8 cm³/mol. The van der Waals surface area contributed by atoms with E-state index >= 15 is 0 Å². The average molecular weight is 356 g/mol. The molecule has 0 bridgehead atoms. The quantitative estimate of drug-likeness (QED) is 0.517.